The lowest BCUT2D eigenvalue weighted by Crippen LogP contribution is -2.51. The van der Waals surface area contributed by atoms with Gasteiger partial charge in [-0.3, -0.25) is 4.99 Å². The van der Waals surface area contributed by atoms with Gasteiger partial charge in [0, 0.05) is 5.70 Å². The molecule has 0 N–H and O–H groups in total. The number of thioether (sulfide) groups is 1. The minimum Gasteiger partial charge on any atom is -0.315 e. The molecule has 0 aromatic carbocycles. The molecule has 0 radical (unpaired) electrons. The summed E-state index contributed by atoms with van der Waals surface area (Å²) < 4.78 is 0. The molecule has 15 heavy (non-hydrogen) atoms. The molecule has 0 saturated carbocycles. The van der Waals surface area contributed by atoms with E-state index in [0.717, 1.165) is 5.17 Å². The number of hydrogen-bond acceptors (Lipinski definition) is 3. The van der Waals surface area contributed by atoms with Gasteiger partial charge in [-0.2, -0.15) is 0 Å². The van der Waals surface area contributed by atoms with Crippen LogP contribution in [0.3, 0.4) is 0 Å². The highest BCUT2D eigenvalue weighted by Crippen LogP contribution is 2.46. The topological polar surface area (TPSA) is 15.6 Å². The molecule has 2 heterocycles. The van der Waals surface area contributed by atoms with Crippen LogP contribution in [0.4, 0.5) is 0 Å². The maximum atomic E-state index is 5.92. The van der Waals surface area contributed by atoms with Crippen LogP contribution < -0.4 is 0 Å². The third-order valence-electron chi connectivity index (χ3n) is 3.35. The normalized spacial score (nSPS) is 25.5. The molecule has 5 heteroatoms. The summed E-state index contributed by atoms with van der Waals surface area (Å²) in [4.78, 5) is 7.00. The second kappa shape index (κ2) is 3.86. The van der Waals surface area contributed by atoms with Crippen molar-refractivity contribution in [2.75, 3.05) is 5.88 Å². The molecule has 0 aliphatic carbocycles. The van der Waals surface area contributed by atoms with Gasteiger partial charge in [-0.05, 0) is 33.1 Å². The van der Waals surface area contributed by atoms with Crippen molar-refractivity contribution >= 4 is 40.9 Å². The van der Waals surface area contributed by atoms with E-state index in [9.17, 15) is 0 Å². The Morgan fingerprint density at radius 2 is 2.00 bits per heavy atom. The molecule has 2 nitrogen and oxygen atoms in total. The fourth-order valence-corrected chi connectivity index (χ4v) is 3.21. The quantitative estimate of drug-likeness (QED) is 0.676. The third-order valence-corrected chi connectivity index (χ3v) is 4.50. The van der Waals surface area contributed by atoms with Crippen molar-refractivity contribution < 1.29 is 0 Å². The SMILES string of the molecule is CC1(C)N=C2SC=C(CCl)N2C1(C)C.Cl. The van der Waals surface area contributed by atoms with Gasteiger partial charge in [0.1, 0.15) is 0 Å². The Bertz CT molecular complexity index is 334. The average molecular weight is 267 g/mol. The molecule has 0 saturated heterocycles. The highest BCUT2D eigenvalue weighted by Gasteiger charge is 2.51. The van der Waals surface area contributed by atoms with E-state index in [1.807, 2.05) is 0 Å². The summed E-state index contributed by atoms with van der Waals surface area (Å²) in [6, 6.07) is 0. The summed E-state index contributed by atoms with van der Waals surface area (Å²) in [7, 11) is 0. The van der Waals surface area contributed by atoms with E-state index in [0.29, 0.717) is 5.88 Å². The predicted octanol–water partition coefficient (Wildman–Crippen LogP) is 3.46. The lowest BCUT2D eigenvalue weighted by atomic mass is 9.83. The van der Waals surface area contributed by atoms with Crippen LogP contribution in [-0.2, 0) is 0 Å². The van der Waals surface area contributed by atoms with Crippen molar-refractivity contribution in [2.24, 2.45) is 4.99 Å². The Hall–Kier alpha value is 0.140. The molecule has 0 aromatic heterocycles. The molecule has 0 bridgehead atoms. The number of nitrogens with zero attached hydrogens (tertiary/aromatic N) is 2. The van der Waals surface area contributed by atoms with Gasteiger partial charge in [0.15, 0.2) is 5.17 Å². The molecule has 0 amide bonds. The van der Waals surface area contributed by atoms with E-state index in [-0.39, 0.29) is 23.5 Å². The third kappa shape index (κ3) is 1.69. The zero-order valence-corrected chi connectivity index (χ0v) is 11.8. The van der Waals surface area contributed by atoms with Crippen LogP contribution in [0.5, 0.6) is 0 Å². The van der Waals surface area contributed by atoms with Gasteiger partial charge < -0.3 is 4.90 Å². The second-order valence-corrected chi connectivity index (χ2v) is 5.81. The Balaban J connectivity index is 0.00000112. The summed E-state index contributed by atoms with van der Waals surface area (Å²) in [6.45, 7) is 8.78. The van der Waals surface area contributed by atoms with Crippen LogP contribution in [-0.4, -0.2) is 27.0 Å². The summed E-state index contributed by atoms with van der Waals surface area (Å²) in [5.41, 5.74) is 1.15. The lowest BCUT2D eigenvalue weighted by Gasteiger charge is -2.40. The van der Waals surface area contributed by atoms with Crippen molar-refractivity contribution in [3.05, 3.63) is 11.1 Å². The first kappa shape index (κ1) is 13.2. The van der Waals surface area contributed by atoms with Crippen LogP contribution >= 0.6 is 35.8 Å². The van der Waals surface area contributed by atoms with Crippen molar-refractivity contribution in [3.63, 3.8) is 0 Å². The molecule has 2 aliphatic heterocycles. The number of alkyl halides is 1. The van der Waals surface area contributed by atoms with Gasteiger partial charge in [-0.15, -0.1) is 24.0 Å². The van der Waals surface area contributed by atoms with Crippen molar-refractivity contribution in [2.45, 2.75) is 38.8 Å². The van der Waals surface area contributed by atoms with E-state index in [4.69, 9.17) is 16.6 Å². The number of rotatable bonds is 1. The van der Waals surface area contributed by atoms with Crippen molar-refractivity contribution in [3.8, 4) is 0 Å². The number of fused-ring (bicyclic) bond motifs is 1. The monoisotopic (exact) mass is 266 g/mol. The average Bonchev–Trinajstić information content (AvgIpc) is 2.52. The van der Waals surface area contributed by atoms with Gasteiger partial charge in [-0.25, -0.2) is 0 Å². The first-order valence-electron chi connectivity index (χ1n) is 4.72. The molecule has 0 unspecified atom stereocenters. The first-order valence-corrected chi connectivity index (χ1v) is 6.13. The molecule has 0 aromatic rings. The summed E-state index contributed by atoms with van der Waals surface area (Å²) in [6.07, 6.45) is 0. The highest BCUT2D eigenvalue weighted by atomic mass is 35.5. The minimum absolute atomic E-state index is 0. The van der Waals surface area contributed by atoms with Gasteiger partial charge in [0.25, 0.3) is 0 Å². The molecule has 0 fully saturated rings. The number of hydrogen-bond donors (Lipinski definition) is 0. The molecule has 0 atom stereocenters. The number of halogens is 2. The fraction of sp³-hybridized carbons (Fsp3) is 0.700. The molecule has 2 aliphatic rings. The van der Waals surface area contributed by atoms with E-state index in [1.54, 1.807) is 11.8 Å². The summed E-state index contributed by atoms with van der Waals surface area (Å²) >= 11 is 7.60. The van der Waals surface area contributed by atoms with Crippen molar-refractivity contribution in [1.82, 2.24) is 4.90 Å². The van der Waals surface area contributed by atoms with Gasteiger partial charge in [0.2, 0.25) is 0 Å². The molecule has 0 spiro atoms. The molecular formula is C10H16Cl2N2S. The van der Waals surface area contributed by atoms with Crippen LogP contribution in [0.1, 0.15) is 27.7 Å². The van der Waals surface area contributed by atoms with Gasteiger partial charge in [-0.1, -0.05) is 11.8 Å². The van der Waals surface area contributed by atoms with Crippen LogP contribution in [0.15, 0.2) is 16.1 Å². The standard InChI is InChI=1S/C10H15ClN2S.ClH/c1-9(2)10(3,4)13-7(5-11)6-14-8(13)12-9;/h6H,5H2,1-4H3;1H. The second-order valence-electron chi connectivity index (χ2n) is 4.71. The van der Waals surface area contributed by atoms with Crippen LogP contribution in [0.25, 0.3) is 0 Å². The Morgan fingerprint density at radius 3 is 2.53 bits per heavy atom. The number of allylic oxidation sites excluding steroid dienone is 1. The Kier molecular flexibility index (Phi) is 3.40. The van der Waals surface area contributed by atoms with Gasteiger partial charge in [0.05, 0.1) is 17.0 Å². The van der Waals surface area contributed by atoms with Crippen molar-refractivity contribution in [1.29, 1.82) is 0 Å². The van der Waals surface area contributed by atoms with E-state index < -0.39 is 0 Å². The summed E-state index contributed by atoms with van der Waals surface area (Å²) in [5.74, 6) is 0.561. The van der Waals surface area contributed by atoms with Crippen LogP contribution in [0.2, 0.25) is 0 Å². The molecule has 2 rings (SSSR count). The zero-order chi connectivity index (χ0) is 10.6. The minimum atomic E-state index is -0.0408. The van der Waals surface area contributed by atoms with E-state index >= 15 is 0 Å². The first-order chi connectivity index (χ1) is 6.40. The molecular weight excluding hydrogens is 251 g/mol. The van der Waals surface area contributed by atoms with E-state index in [2.05, 4.69) is 38.0 Å². The Labute approximate surface area is 107 Å². The smallest absolute Gasteiger partial charge is 0.169 e. The largest absolute Gasteiger partial charge is 0.315 e. The Morgan fingerprint density at radius 1 is 1.40 bits per heavy atom. The summed E-state index contributed by atoms with van der Waals surface area (Å²) in [5, 5.41) is 3.19. The predicted molar refractivity (Wildman–Crippen MR) is 71.1 cm³/mol. The number of aliphatic imine (C=N–C) groups is 1. The van der Waals surface area contributed by atoms with Crippen LogP contribution in [0, 0.1) is 0 Å². The highest BCUT2D eigenvalue weighted by molar-refractivity contribution is 8.16. The maximum Gasteiger partial charge on any atom is 0.169 e. The van der Waals surface area contributed by atoms with E-state index in [1.165, 1.54) is 5.70 Å². The fourth-order valence-electron chi connectivity index (χ4n) is 1.76. The zero-order valence-electron chi connectivity index (χ0n) is 9.37. The lowest BCUT2D eigenvalue weighted by molar-refractivity contribution is 0.195. The number of amidine groups is 1. The molecule has 86 valence electrons. The van der Waals surface area contributed by atoms with Gasteiger partial charge >= 0.3 is 0 Å². The maximum absolute atomic E-state index is 5.92.